The molecular weight excluding hydrogens is 385 g/mol. The number of halogens is 3. The first-order chi connectivity index (χ1) is 13.6. The van der Waals surface area contributed by atoms with Gasteiger partial charge in [-0.3, -0.25) is 9.59 Å². The highest BCUT2D eigenvalue weighted by Crippen LogP contribution is 2.30. The maximum Gasteiger partial charge on any atom is 0.416 e. The van der Waals surface area contributed by atoms with E-state index >= 15 is 0 Å². The number of nitrogens with one attached hydrogen (secondary N) is 1. The van der Waals surface area contributed by atoms with E-state index in [2.05, 4.69) is 5.32 Å². The minimum Gasteiger partial charge on any atom is -0.387 e. The Morgan fingerprint density at radius 3 is 2.38 bits per heavy atom. The third-order valence-electron chi connectivity index (χ3n) is 4.84. The normalized spacial score (nSPS) is 12.8. The SMILES string of the molecule is Cc1c(C(=O)NCC(O)c2ccc(C(F)(F)F)cc2)c2ccccc2n(C)c1=O. The zero-order valence-electron chi connectivity index (χ0n) is 15.7. The van der Waals surface area contributed by atoms with Crippen LogP contribution in [-0.4, -0.2) is 22.1 Å². The lowest BCUT2D eigenvalue weighted by molar-refractivity contribution is -0.137. The molecule has 1 atom stereocenters. The van der Waals surface area contributed by atoms with Gasteiger partial charge >= 0.3 is 6.18 Å². The number of carbonyl (C=O) groups excluding carboxylic acids is 1. The molecule has 0 spiro atoms. The molecule has 0 fully saturated rings. The zero-order chi connectivity index (χ0) is 21.3. The standard InChI is InChI=1S/C21H19F3N2O3/c1-12-18(15-5-3-4-6-16(15)26(2)20(12)29)19(28)25-11-17(27)13-7-9-14(10-8-13)21(22,23)24/h3-10,17,27H,11H2,1-2H3,(H,25,28). The fourth-order valence-corrected chi connectivity index (χ4v) is 3.23. The second kappa shape index (κ2) is 7.71. The van der Waals surface area contributed by atoms with Gasteiger partial charge in [0.1, 0.15) is 0 Å². The molecule has 0 bridgehead atoms. The van der Waals surface area contributed by atoms with Crippen molar-refractivity contribution in [1.29, 1.82) is 0 Å². The number of hydrogen-bond donors (Lipinski definition) is 2. The fraction of sp³-hybridized carbons (Fsp3) is 0.238. The summed E-state index contributed by atoms with van der Waals surface area (Å²) < 4.78 is 39.4. The molecule has 0 radical (unpaired) electrons. The van der Waals surface area contributed by atoms with Gasteiger partial charge in [0.2, 0.25) is 0 Å². The summed E-state index contributed by atoms with van der Waals surface area (Å²) in [6, 6.07) is 11.0. The molecule has 5 nitrogen and oxygen atoms in total. The molecule has 3 aromatic rings. The van der Waals surface area contributed by atoms with Crippen LogP contribution in [0.3, 0.4) is 0 Å². The molecule has 1 heterocycles. The molecule has 2 aromatic carbocycles. The summed E-state index contributed by atoms with van der Waals surface area (Å²) >= 11 is 0. The molecule has 152 valence electrons. The van der Waals surface area contributed by atoms with Crippen LogP contribution < -0.4 is 10.9 Å². The molecule has 0 saturated heterocycles. The first-order valence-corrected chi connectivity index (χ1v) is 8.83. The Balaban J connectivity index is 1.82. The van der Waals surface area contributed by atoms with E-state index in [0.717, 1.165) is 12.1 Å². The van der Waals surface area contributed by atoms with Gasteiger partial charge in [-0.15, -0.1) is 0 Å². The Labute approximate surface area is 164 Å². The van der Waals surface area contributed by atoms with Crippen LogP contribution in [-0.2, 0) is 13.2 Å². The summed E-state index contributed by atoms with van der Waals surface area (Å²) in [5.74, 6) is -0.539. The van der Waals surface area contributed by atoms with Crippen molar-refractivity contribution in [2.75, 3.05) is 6.54 Å². The van der Waals surface area contributed by atoms with Crippen molar-refractivity contribution in [1.82, 2.24) is 9.88 Å². The van der Waals surface area contributed by atoms with Crippen molar-refractivity contribution in [2.45, 2.75) is 19.2 Å². The number of hydrogen-bond acceptors (Lipinski definition) is 3. The molecule has 0 saturated carbocycles. The Bertz CT molecular complexity index is 1120. The molecule has 0 aliphatic rings. The molecule has 0 aliphatic heterocycles. The number of pyridine rings is 1. The van der Waals surface area contributed by atoms with Gasteiger partial charge in [-0.05, 0) is 30.7 Å². The Morgan fingerprint density at radius 2 is 1.76 bits per heavy atom. The smallest absolute Gasteiger partial charge is 0.387 e. The lowest BCUT2D eigenvalue weighted by Gasteiger charge is -2.16. The summed E-state index contributed by atoms with van der Waals surface area (Å²) in [6.07, 6.45) is -5.66. The lowest BCUT2D eigenvalue weighted by atomic mass is 10.0. The number of nitrogens with zero attached hydrogens (tertiary/aromatic N) is 1. The molecule has 8 heteroatoms. The molecule has 1 aromatic heterocycles. The summed E-state index contributed by atoms with van der Waals surface area (Å²) in [4.78, 5) is 25.2. The number of amides is 1. The molecular formula is C21H19F3N2O3. The van der Waals surface area contributed by atoms with E-state index in [0.29, 0.717) is 10.9 Å². The topological polar surface area (TPSA) is 71.3 Å². The third kappa shape index (κ3) is 4.02. The number of rotatable bonds is 4. The third-order valence-corrected chi connectivity index (χ3v) is 4.84. The number of para-hydroxylation sites is 1. The van der Waals surface area contributed by atoms with Crippen LogP contribution in [0.25, 0.3) is 10.9 Å². The lowest BCUT2D eigenvalue weighted by Crippen LogP contribution is -2.32. The van der Waals surface area contributed by atoms with Crippen LogP contribution in [0.15, 0.2) is 53.3 Å². The highest BCUT2D eigenvalue weighted by molar-refractivity contribution is 6.07. The minimum atomic E-state index is -4.46. The first kappa shape index (κ1) is 20.6. The average molecular weight is 404 g/mol. The number of alkyl halides is 3. The van der Waals surface area contributed by atoms with Gasteiger partial charge in [0.25, 0.3) is 11.5 Å². The van der Waals surface area contributed by atoms with Crippen molar-refractivity contribution >= 4 is 16.8 Å². The maximum atomic E-state index is 12.7. The second-order valence-corrected chi connectivity index (χ2v) is 6.73. The van der Waals surface area contributed by atoms with Gasteiger partial charge in [-0.1, -0.05) is 30.3 Å². The number of aliphatic hydroxyl groups is 1. The van der Waals surface area contributed by atoms with Crippen LogP contribution >= 0.6 is 0 Å². The average Bonchev–Trinajstić information content (AvgIpc) is 2.70. The zero-order valence-corrected chi connectivity index (χ0v) is 15.7. The molecule has 2 N–H and O–H groups in total. The van der Waals surface area contributed by atoms with E-state index in [1.54, 1.807) is 38.2 Å². The largest absolute Gasteiger partial charge is 0.416 e. The quantitative estimate of drug-likeness (QED) is 0.701. The fourth-order valence-electron chi connectivity index (χ4n) is 3.23. The van der Waals surface area contributed by atoms with Crippen molar-refractivity contribution in [3.8, 4) is 0 Å². The number of carbonyl (C=O) groups is 1. The number of aliphatic hydroxyl groups excluding tert-OH is 1. The van der Waals surface area contributed by atoms with Gasteiger partial charge in [0.05, 0.1) is 22.7 Å². The van der Waals surface area contributed by atoms with Crippen molar-refractivity contribution in [3.05, 3.63) is 81.1 Å². The van der Waals surface area contributed by atoms with Gasteiger partial charge in [-0.2, -0.15) is 13.2 Å². The number of aryl methyl sites for hydroxylation is 1. The molecule has 0 aliphatic carbocycles. The summed E-state index contributed by atoms with van der Waals surface area (Å²) in [6.45, 7) is 1.34. The number of fused-ring (bicyclic) bond motifs is 1. The van der Waals surface area contributed by atoms with Gasteiger partial charge in [0, 0.05) is 24.5 Å². The summed E-state index contributed by atoms with van der Waals surface area (Å²) in [5.41, 5.74) is 0.188. The van der Waals surface area contributed by atoms with Gasteiger partial charge < -0.3 is 15.0 Å². The summed E-state index contributed by atoms with van der Waals surface area (Å²) in [7, 11) is 1.62. The predicted octanol–water partition coefficient (Wildman–Crippen LogP) is 3.33. The molecule has 3 rings (SSSR count). The maximum absolute atomic E-state index is 12.7. The highest BCUT2D eigenvalue weighted by atomic mass is 19.4. The van der Waals surface area contributed by atoms with Crippen LogP contribution in [0.5, 0.6) is 0 Å². The van der Waals surface area contributed by atoms with E-state index in [-0.39, 0.29) is 28.8 Å². The van der Waals surface area contributed by atoms with E-state index in [9.17, 15) is 27.9 Å². The van der Waals surface area contributed by atoms with E-state index in [4.69, 9.17) is 0 Å². The monoisotopic (exact) mass is 404 g/mol. The Morgan fingerprint density at radius 1 is 1.14 bits per heavy atom. The van der Waals surface area contributed by atoms with Crippen molar-refractivity contribution in [2.24, 2.45) is 7.05 Å². The molecule has 1 amide bonds. The highest BCUT2D eigenvalue weighted by Gasteiger charge is 2.30. The Kier molecular flexibility index (Phi) is 5.48. The Hall–Kier alpha value is -3.13. The van der Waals surface area contributed by atoms with Gasteiger partial charge in [0.15, 0.2) is 0 Å². The van der Waals surface area contributed by atoms with E-state index in [1.165, 1.54) is 16.7 Å². The van der Waals surface area contributed by atoms with Crippen LogP contribution in [0.2, 0.25) is 0 Å². The van der Waals surface area contributed by atoms with Crippen molar-refractivity contribution in [3.63, 3.8) is 0 Å². The van der Waals surface area contributed by atoms with E-state index in [1.807, 2.05) is 0 Å². The van der Waals surface area contributed by atoms with Crippen LogP contribution in [0.1, 0.15) is 33.2 Å². The van der Waals surface area contributed by atoms with Crippen LogP contribution in [0, 0.1) is 6.92 Å². The van der Waals surface area contributed by atoms with Crippen LogP contribution in [0.4, 0.5) is 13.2 Å². The number of aromatic nitrogens is 1. The molecule has 29 heavy (non-hydrogen) atoms. The predicted molar refractivity (Wildman–Crippen MR) is 103 cm³/mol. The molecule has 1 unspecified atom stereocenters. The first-order valence-electron chi connectivity index (χ1n) is 8.83. The second-order valence-electron chi connectivity index (χ2n) is 6.73. The van der Waals surface area contributed by atoms with E-state index < -0.39 is 23.8 Å². The van der Waals surface area contributed by atoms with Gasteiger partial charge in [-0.25, -0.2) is 0 Å². The number of benzene rings is 2. The summed E-state index contributed by atoms with van der Waals surface area (Å²) in [5, 5.41) is 13.4. The van der Waals surface area contributed by atoms with Crippen molar-refractivity contribution < 1.29 is 23.1 Å². The minimum absolute atomic E-state index is 0.211.